The van der Waals surface area contributed by atoms with E-state index in [9.17, 15) is 27.2 Å². The summed E-state index contributed by atoms with van der Waals surface area (Å²) in [5, 5.41) is 19.1. The van der Waals surface area contributed by atoms with Crippen LogP contribution in [0.1, 0.15) is 78.9 Å². The van der Waals surface area contributed by atoms with E-state index in [1.165, 1.54) is 12.1 Å². The third-order valence-corrected chi connectivity index (χ3v) is 12.3. The quantitative estimate of drug-likeness (QED) is 0.190. The Kier molecular flexibility index (Phi) is 9.34. The lowest BCUT2D eigenvalue weighted by Crippen LogP contribution is -2.63. The minimum Gasteiger partial charge on any atom is -0.376 e. The zero-order valence-electron chi connectivity index (χ0n) is 30.4. The molecule has 2 aliphatic heterocycles. The maximum Gasteiger partial charge on any atom is 0.391 e. The van der Waals surface area contributed by atoms with Gasteiger partial charge in [-0.05, 0) is 77.5 Å². The number of hydrogen-bond acceptors (Lipinski definition) is 7. The zero-order chi connectivity index (χ0) is 37.8. The topological polar surface area (TPSA) is 122 Å². The molecule has 8 rings (SSSR count). The summed E-state index contributed by atoms with van der Waals surface area (Å²) in [6.45, 7) is 7.16. The smallest absolute Gasteiger partial charge is 0.376 e. The Hall–Kier alpha value is -4.66. The molecule has 15 heteroatoms. The van der Waals surface area contributed by atoms with Gasteiger partial charge in [0.2, 0.25) is 11.7 Å². The largest absolute Gasteiger partial charge is 0.391 e. The first-order valence-corrected chi connectivity index (χ1v) is 18.6. The van der Waals surface area contributed by atoms with Gasteiger partial charge in [-0.3, -0.25) is 14.3 Å². The number of likely N-dealkylation sites (tertiary alicyclic amines) is 2. The molecule has 2 aliphatic carbocycles. The van der Waals surface area contributed by atoms with Crippen LogP contribution in [0.25, 0.3) is 11.4 Å². The SMILES string of the molecule is CC1(C)C[C@@H]1C(=O)N1CC2(CN(C(=O)c3cnn(Cc4ccc(F)cc4)c3)CC2COCc2cccc(C3CCC(C(F)(F)F)CC3)c2-c2nn[nH]n2)C1. The van der Waals surface area contributed by atoms with Crippen molar-refractivity contribution in [2.45, 2.75) is 71.2 Å². The summed E-state index contributed by atoms with van der Waals surface area (Å²) in [6.07, 6.45) is 0.907. The molecule has 0 bridgehead atoms. The molecule has 2 amide bonds. The number of benzene rings is 2. The number of rotatable bonds is 10. The van der Waals surface area contributed by atoms with Gasteiger partial charge in [-0.25, -0.2) is 4.39 Å². The summed E-state index contributed by atoms with van der Waals surface area (Å²) in [4.78, 5) is 31.0. The lowest BCUT2D eigenvalue weighted by atomic mass is 9.71. The van der Waals surface area contributed by atoms with Crippen molar-refractivity contribution in [1.82, 2.24) is 40.2 Å². The molecule has 2 saturated heterocycles. The molecule has 1 unspecified atom stereocenters. The van der Waals surface area contributed by atoms with E-state index in [1.807, 2.05) is 28.0 Å². The third kappa shape index (κ3) is 7.14. The second-order valence-corrected chi connectivity index (χ2v) is 16.5. The van der Waals surface area contributed by atoms with Crippen molar-refractivity contribution in [3.05, 3.63) is 82.9 Å². The Balaban J connectivity index is 0.977. The molecule has 1 spiro atoms. The van der Waals surface area contributed by atoms with Crippen LogP contribution in [0.15, 0.2) is 54.9 Å². The van der Waals surface area contributed by atoms with Gasteiger partial charge in [-0.2, -0.15) is 23.5 Å². The highest BCUT2D eigenvalue weighted by Crippen LogP contribution is 2.55. The molecule has 2 saturated carbocycles. The highest BCUT2D eigenvalue weighted by molar-refractivity contribution is 5.94. The summed E-state index contributed by atoms with van der Waals surface area (Å²) < 4.78 is 61.9. The Bertz CT molecular complexity index is 1980. The van der Waals surface area contributed by atoms with Gasteiger partial charge >= 0.3 is 6.18 Å². The van der Waals surface area contributed by atoms with Gasteiger partial charge < -0.3 is 14.5 Å². The summed E-state index contributed by atoms with van der Waals surface area (Å²) >= 11 is 0. The number of tetrazole rings is 1. The normalized spacial score (nSPS) is 24.5. The Morgan fingerprint density at radius 1 is 1.00 bits per heavy atom. The number of amides is 2. The maximum atomic E-state index is 13.9. The molecule has 0 radical (unpaired) electrons. The molecule has 2 aromatic carbocycles. The van der Waals surface area contributed by atoms with Crippen LogP contribution >= 0.6 is 0 Å². The highest BCUT2D eigenvalue weighted by Gasteiger charge is 2.60. The molecule has 4 aliphatic rings. The molecule has 4 aromatic rings. The highest BCUT2D eigenvalue weighted by atomic mass is 19.4. The second kappa shape index (κ2) is 13.9. The third-order valence-electron chi connectivity index (χ3n) is 12.3. The molecule has 1 N–H and O–H groups in total. The summed E-state index contributed by atoms with van der Waals surface area (Å²) in [6, 6.07) is 11.9. The van der Waals surface area contributed by atoms with Crippen LogP contribution < -0.4 is 0 Å². The van der Waals surface area contributed by atoms with Crippen molar-refractivity contribution >= 4 is 11.8 Å². The van der Waals surface area contributed by atoms with Crippen molar-refractivity contribution in [2.75, 3.05) is 32.8 Å². The van der Waals surface area contributed by atoms with E-state index in [0.717, 1.165) is 28.7 Å². The van der Waals surface area contributed by atoms with Gasteiger partial charge in [0.25, 0.3) is 5.91 Å². The molecular weight excluding hydrogens is 704 g/mol. The first-order chi connectivity index (χ1) is 25.8. The van der Waals surface area contributed by atoms with Crippen molar-refractivity contribution in [3.8, 4) is 11.4 Å². The van der Waals surface area contributed by atoms with Gasteiger partial charge in [0.1, 0.15) is 5.82 Å². The monoisotopic (exact) mass is 748 g/mol. The van der Waals surface area contributed by atoms with Gasteiger partial charge in [0, 0.05) is 55.2 Å². The number of nitrogens with one attached hydrogen (secondary N) is 1. The fourth-order valence-electron chi connectivity index (χ4n) is 8.94. The predicted octanol–water partition coefficient (Wildman–Crippen LogP) is 6.25. The van der Waals surface area contributed by atoms with Gasteiger partial charge in [0.05, 0.1) is 37.4 Å². The number of carbonyl (C=O) groups is 2. The van der Waals surface area contributed by atoms with Crippen molar-refractivity contribution in [3.63, 3.8) is 0 Å². The van der Waals surface area contributed by atoms with Crippen LogP contribution in [0.5, 0.6) is 0 Å². The Morgan fingerprint density at radius 2 is 1.72 bits per heavy atom. The lowest BCUT2D eigenvalue weighted by Gasteiger charge is -2.51. The van der Waals surface area contributed by atoms with E-state index in [-0.39, 0.29) is 65.7 Å². The average Bonchev–Trinajstić information content (AvgIpc) is 3.63. The average molecular weight is 749 g/mol. The van der Waals surface area contributed by atoms with Crippen LogP contribution in [-0.2, 0) is 22.7 Å². The second-order valence-electron chi connectivity index (χ2n) is 16.5. The molecule has 4 heterocycles. The van der Waals surface area contributed by atoms with Crippen LogP contribution in [0, 0.1) is 34.4 Å². The van der Waals surface area contributed by atoms with Crippen molar-refractivity contribution in [1.29, 1.82) is 0 Å². The number of aromatic amines is 1. The van der Waals surface area contributed by atoms with Gasteiger partial charge in [-0.1, -0.05) is 44.2 Å². The van der Waals surface area contributed by atoms with E-state index < -0.39 is 12.1 Å². The zero-order valence-corrected chi connectivity index (χ0v) is 30.4. The molecule has 286 valence electrons. The van der Waals surface area contributed by atoms with Crippen molar-refractivity contribution in [2.24, 2.45) is 28.6 Å². The van der Waals surface area contributed by atoms with E-state index in [4.69, 9.17) is 4.74 Å². The molecule has 2 atom stereocenters. The molecule has 4 fully saturated rings. The fraction of sp³-hybridized carbons (Fsp3) is 0.538. The minimum absolute atomic E-state index is 0.0106. The summed E-state index contributed by atoms with van der Waals surface area (Å²) in [7, 11) is 0. The Labute approximate surface area is 310 Å². The number of aromatic nitrogens is 6. The first-order valence-electron chi connectivity index (χ1n) is 18.6. The number of nitrogens with zero attached hydrogens (tertiary/aromatic N) is 7. The number of carbonyl (C=O) groups excluding carboxylic acids is 2. The number of H-pyrrole nitrogens is 1. The molecule has 54 heavy (non-hydrogen) atoms. The van der Waals surface area contributed by atoms with Crippen LogP contribution in [-0.4, -0.2) is 91.0 Å². The van der Waals surface area contributed by atoms with Gasteiger partial charge in [0.15, 0.2) is 0 Å². The van der Waals surface area contributed by atoms with E-state index in [1.54, 1.807) is 29.2 Å². The summed E-state index contributed by atoms with van der Waals surface area (Å²) in [5.74, 6) is -1.33. The van der Waals surface area contributed by atoms with E-state index in [2.05, 4.69) is 39.6 Å². The van der Waals surface area contributed by atoms with Gasteiger partial charge in [-0.15, -0.1) is 10.2 Å². The number of ether oxygens (including phenoxy) is 1. The number of alkyl halides is 3. The van der Waals surface area contributed by atoms with E-state index >= 15 is 0 Å². The molecule has 11 nitrogen and oxygen atoms in total. The lowest BCUT2D eigenvalue weighted by molar-refractivity contribution is -0.182. The number of halogens is 4. The standard InChI is InChI=1S/C39H44F4N8O3/c1-37(2)14-32(37)36(53)50-22-38(23-50)21-49(35(52)27-15-44-51(17-27)16-24-6-12-30(40)13-7-24)18-29(38)20-54-19-26-4-3-5-31(33(26)34-45-47-48-46-34)25-8-10-28(11-9-25)39(41,42)43/h3-7,12-13,15,17,25,28-29,32H,8-11,14,16,18-23H2,1-2H3,(H,45,46,47,48)/t25?,28?,29?,32-/m1/s1. The first kappa shape index (κ1) is 36.3. The fourth-order valence-corrected chi connectivity index (χ4v) is 8.94. The van der Waals surface area contributed by atoms with Crippen LogP contribution in [0.4, 0.5) is 17.6 Å². The Morgan fingerprint density at radius 3 is 2.39 bits per heavy atom. The van der Waals surface area contributed by atoms with E-state index in [0.29, 0.717) is 63.6 Å². The molecular formula is C39H44F4N8O3. The maximum absolute atomic E-state index is 13.9. The van der Waals surface area contributed by atoms with Crippen LogP contribution in [0.2, 0.25) is 0 Å². The predicted molar refractivity (Wildman–Crippen MR) is 188 cm³/mol. The minimum atomic E-state index is -4.19. The summed E-state index contributed by atoms with van der Waals surface area (Å²) in [5.41, 5.74) is 3.41. The number of hydrogen-bond donors (Lipinski definition) is 1. The van der Waals surface area contributed by atoms with Crippen molar-refractivity contribution < 1.29 is 31.9 Å². The molecule has 2 aromatic heterocycles. The van der Waals surface area contributed by atoms with Crippen LogP contribution in [0.3, 0.4) is 0 Å².